The van der Waals surface area contributed by atoms with Gasteiger partial charge < -0.3 is 10.6 Å². The molecule has 5 heteroatoms. The van der Waals surface area contributed by atoms with E-state index in [1.54, 1.807) is 23.5 Å². The Morgan fingerprint density at radius 2 is 2.20 bits per heavy atom. The molecule has 2 aromatic rings. The molecule has 1 aromatic carbocycles. The van der Waals surface area contributed by atoms with Crippen molar-refractivity contribution in [2.45, 2.75) is 19.9 Å². The summed E-state index contributed by atoms with van der Waals surface area (Å²) in [7, 11) is 0. The van der Waals surface area contributed by atoms with Crippen molar-refractivity contribution in [3.8, 4) is 0 Å². The number of amides is 1. The molecule has 0 radical (unpaired) electrons. The molecule has 0 unspecified atom stereocenters. The van der Waals surface area contributed by atoms with E-state index in [0.29, 0.717) is 17.1 Å². The lowest BCUT2D eigenvalue weighted by atomic mass is 10.1. The summed E-state index contributed by atoms with van der Waals surface area (Å²) in [5, 5.41) is 8.72. The maximum atomic E-state index is 12.3. The second kappa shape index (κ2) is 7.31. The van der Waals surface area contributed by atoms with Crippen LogP contribution in [-0.4, -0.2) is 12.5 Å². The van der Waals surface area contributed by atoms with Gasteiger partial charge in [0.25, 0.3) is 5.91 Å². The number of rotatable bonds is 6. The van der Waals surface area contributed by atoms with Crippen molar-refractivity contribution in [3.63, 3.8) is 0 Å². The molecule has 2 N–H and O–H groups in total. The molecule has 1 amide bonds. The topological polar surface area (TPSA) is 41.1 Å². The third kappa shape index (κ3) is 3.99. The van der Waals surface area contributed by atoms with Crippen molar-refractivity contribution in [3.05, 3.63) is 51.2 Å². The number of carbonyl (C=O) groups is 1. The number of thiophene rings is 1. The monoisotopic (exact) mass is 308 g/mol. The van der Waals surface area contributed by atoms with Crippen LogP contribution in [0.5, 0.6) is 0 Å². The molecule has 20 heavy (non-hydrogen) atoms. The summed E-state index contributed by atoms with van der Waals surface area (Å²) in [6.07, 6.45) is 0.999. The third-order valence-electron chi connectivity index (χ3n) is 2.79. The minimum atomic E-state index is -0.112. The molecular weight excluding hydrogens is 292 g/mol. The molecule has 0 aliphatic carbocycles. The van der Waals surface area contributed by atoms with E-state index in [2.05, 4.69) is 17.6 Å². The number of halogens is 1. The maximum Gasteiger partial charge on any atom is 0.253 e. The molecule has 0 saturated heterocycles. The average Bonchev–Trinajstić information content (AvgIpc) is 2.96. The van der Waals surface area contributed by atoms with Gasteiger partial charge in [-0.1, -0.05) is 24.6 Å². The quantitative estimate of drug-likeness (QED) is 0.841. The predicted octanol–water partition coefficient (Wildman–Crippen LogP) is 4.15. The zero-order valence-electron chi connectivity index (χ0n) is 11.3. The van der Waals surface area contributed by atoms with E-state index in [1.165, 1.54) is 0 Å². The zero-order valence-corrected chi connectivity index (χ0v) is 12.9. The van der Waals surface area contributed by atoms with Crippen molar-refractivity contribution in [1.82, 2.24) is 5.32 Å². The van der Waals surface area contributed by atoms with Crippen LogP contribution in [0.15, 0.2) is 35.7 Å². The van der Waals surface area contributed by atoms with E-state index >= 15 is 0 Å². The number of nitrogens with one attached hydrogen (secondary N) is 2. The summed E-state index contributed by atoms with van der Waals surface area (Å²) in [6, 6.07) is 9.30. The number of benzene rings is 1. The molecule has 1 heterocycles. The van der Waals surface area contributed by atoms with E-state index in [4.69, 9.17) is 11.6 Å². The molecule has 0 saturated carbocycles. The number of anilines is 1. The van der Waals surface area contributed by atoms with Gasteiger partial charge in [-0.25, -0.2) is 0 Å². The zero-order chi connectivity index (χ0) is 14.4. The SMILES string of the molecule is CCCNc1ccc(Cl)cc1C(=O)NCc1cccs1. The van der Waals surface area contributed by atoms with Gasteiger partial charge in [-0.15, -0.1) is 11.3 Å². The molecule has 0 aliphatic rings. The van der Waals surface area contributed by atoms with E-state index in [0.717, 1.165) is 23.5 Å². The molecule has 0 spiro atoms. The standard InChI is InChI=1S/C15H17ClN2OS/c1-2-7-17-14-6-5-11(16)9-13(14)15(19)18-10-12-4-3-8-20-12/h3-6,8-9,17H,2,7,10H2,1H3,(H,18,19). The predicted molar refractivity (Wildman–Crippen MR) is 85.7 cm³/mol. The second-order valence-electron chi connectivity index (χ2n) is 4.38. The van der Waals surface area contributed by atoms with Crippen LogP contribution in [0.25, 0.3) is 0 Å². The fourth-order valence-electron chi connectivity index (χ4n) is 1.79. The van der Waals surface area contributed by atoms with Gasteiger partial charge in [0.1, 0.15) is 0 Å². The highest BCUT2D eigenvalue weighted by molar-refractivity contribution is 7.09. The molecule has 0 bridgehead atoms. The van der Waals surface area contributed by atoms with Crippen LogP contribution < -0.4 is 10.6 Å². The highest BCUT2D eigenvalue weighted by Crippen LogP contribution is 2.21. The Hall–Kier alpha value is -1.52. The van der Waals surface area contributed by atoms with Crippen molar-refractivity contribution in [2.24, 2.45) is 0 Å². The molecule has 106 valence electrons. The first-order valence-corrected chi connectivity index (χ1v) is 7.80. The molecule has 0 fully saturated rings. The Labute approximate surface area is 128 Å². The number of hydrogen-bond acceptors (Lipinski definition) is 3. The summed E-state index contributed by atoms with van der Waals surface area (Å²) >= 11 is 7.61. The van der Waals surface area contributed by atoms with Crippen molar-refractivity contribution < 1.29 is 4.79 Å². The van der Waals surface area contributed by atoms with E-state index in [9.17, 15) is 4.79 Å². The Kier molecular flexibility index (Phi) is 5.44. The second-order valence-corrected chi connectivity index (χ2v) is 5.85. The summed E-state index contributed by atoms with van der Waals surface area (Å²) in [5.74, 6) is -0.112. The summed E-state index contributed by atoms with van der Waals surface area (Å²) in [4.78, 5) is 13.4. The lowest BCUT2D eigenvalue weighted by Gasteiger charge is -2.12. The van der Waals surface area contributed by atoms with Crippen molar-refractivity contribution in [1.29, 1.82) is 0 Å². The first-order valence-electron chi connectivity index (χ1n) is 6.54. The third-order valence-corrected chi connectivity index (χ3v) is 3.91. The highest BCUT2D eigenvalue weighted by Gasteiger charge is 2.12. The summed E-state index contributed by atoms with van der Waals surface area (Å²) in [5.41, 5.74) is 1.41. The van der Waals surface area contributed by atoms with Crippen molar-refractivity contribution >= 4 is 34.5 Å². The molecule has 0 atom stereocenters. The van der Waals surface area contributed by atoms with Gasteiger partial charge in [0.15, 0.2) is 0 Å². The lowest BCUT2D eigenvalue weighted by Crippen LogP contribution is -2.23. The number of hydrogen-bond donors (Lipinski definition) is 2. The van der Waals surface area contributed by atoms with Gasteiger partial charge in [0.05, 0.1) is 12.1 Å². The van der Waals surface area contributed by atoms with Crippen LogP contribution in [0.1, 0.15) is 28.6 Å². The smallest absolute Gasteiger partial charge is 0.253 e. The fraction of sp³-hybridized carbons (Fsp3) is 0.267. The van der Waals surface area contributed by atoms with Crippen LogP contribution in [0, 0.1) is 0 Å². The maximum absolute atomic E-state index is 12.3. The Morgan fingerprint density at radius 3 is 2.90 bits per heavy atom. The molecule has 3 nitrogen and oxygen atoms in total. The van der Waals surface area contributed by atoms with Gasteiger partial charge in [0.2, 0.25) is 0 Å². The van der Waals surface area contributed by atoms with Crippen molar-refractivity contribution in [2.75, 3.05) is 11.9 Å². The van der Waals surface area contributed by atoms with Gasteiger partial charge in [-0.2, -0.15) is 0 Å². The Balaban J connectivity index is 2.08. The summed E-state index contributed by atoms with van der Waals surface area (Å²) in [6.45, 7) is 3.45. The van der Waals surface area contributed by atoms with E-state index in [-0.39, 0.29) is 5.91 Å². The van der Waals surface area contributed by atoms with E-state index < -0.39 is 0 Å². The van der Waals surface area contributed by atoms with Gasteiger partial charge in [-0.3, -0.25) is 4.79 Å². The minimum absolute atomic E-state index is 0.112. The Bertz CT molecular complexity index is 569. The molecular formula is C15H17ClN2OS. The summed E-state index contributed by atoms with van der Waals surface area (Å²) < 4.78 is 0. The van der Waals surface area contributed by atoms with Crippen LogP contribution in [0.2, 0.25) is 5.02 Å². The van der Waals surface area contributed by atoms with Crippen LogP contribution in [0.3, 0.4) is 0 Å². The van der Waals surface area contributed by atoms with Gasteiger partial charge >= 0.3 is 0 Å². The minimum Gasteiger partial charge on any atom is -0.384 e. The molecule has 2 rings (SSSR count). The van der Waals surface area contributed by atoms with Crippen LogP contribution in [0.4, 0.5) is 5.69 Å². The fourth-order valence-corrected chi connectivity index (χ4v) is 2.61. The van der Waals surface area contributed by atoms with Crippen LogP contribution >= 0.6 is 22.9 Å². The van der Waals surface area contributed by atoms with Gasteiger partial charge in [0, 0.05) is 22.1 Å². The average molecular weight is 309 g/mol. The van der Waals surface area contributed by atoms with Gasteiger partial charge in [-0.05, 0) is 36.1 Å². The normalized spacial score (nSPS) is 10.3. The first-order chi connectivity index (χ1) is 9.70. The largest absolute Gasteiger partial charge is 0.384 e. The van der Waals surface area contributed by atoms with E-state index in [1.807, 2.05) is 23.6 Å². The highest BCUT2D eigenvalue weighted by atomic mass is 35.5. The Morgan fingerprint density at radius 1 is 1.35 bits per heavy atom. The lowest BCUT2D eigenvalue weighted by molar-refractivity contribution is 0.0952. The van der Waals surface area contributed by atoms with Crippen LogP contribution in [-0.2, 0) is 6.54 Å². The first kappa shape index (κ1) is 14.9. The molecule has 1 aromatic heterocycles. The molecule has 0 aliphatic heterocycles. The number of carbonyl (C=O) groups excluding carboxylic acids is 1.